The normalized spacial score (nSPS) is 17.1. The van der Waals surface area contributed by atoms with E-state index in [9.17, 15) is 9.59 Å². The summed E-state index contributed by atoms with van der Waals surface area (Å²) in [6.45, 7) is 5.61. The number of nitrogens with one attached hydrogen (secondary N) is 2. The summed E-state index contributed by atoms with van der Waals surface area (Å²) in [6.07, 6.45) is 1.76. The van der Waals surface area contributed by atoms with Gasteiger partial charge in [-0.1, -0.05) is 0 Å². The van der Waals surface area contributed by atoms with Crippen LogP contribution in [-0.2, 0) is 16.6 Å². The number of carbonyl (C=O) groups excluding carboxylic acids is 2. The SMILES string of the molecule is Cc1c(C(C)NC(=O)CN2CCNCC2=O)cnn1C. The largest absolute Gasteiger partial charge is 0.348 e. The highest BCUT2D eigenvalue weighted by Crippen LogP contribution is 2.15. The molecule has 2 N–H and O–H groups in total. The van der Waals surface area contributed by atoms with Crippen molar-refractivity contribution in [2.24, 2.45) is 7.05 Å². The summed E-state index contributed by atoms with van der Waals surface area (Å²) in [5.41, 5.74) is 2.02. The Kier molecular flexibility index (Phi) is 4.39. The third kappa shape index (κ3) is 3.16. The minimum atomic E-state index is -0.143. The molecule has 2 amide bonds. The Bertz CT molecular complexity index is 511. The number of aryl methyl sites for hydroxylation is 1. The van der Waals surface area contributed by atoms with Crippen molar-refractivity contribution in [3.8, 4) is 0 Å². The van der Waals surface area contributed by atoms with Crippen molar-refractivity contribution in [3.05, 3.63) is 17.5 Å². The Morgan fingerprint density at radius 2 is 2.35 bits per heavy atom. The van der Waals surface area contributed by atoms with Gasteiger partial charge in [-0.05, 0) is 13.8 Å². The molecular weight excluding hydrogens is 258 g/mol. The smallest absolute Gasteiger partial charge is 0.240 e. The molecule has 1 atom stereocenters. The van der Waals surface area contributed by atoms with Gasteiger partial charge in [0.1, 0.15) is 0 Å². The Balaban J connectivity index is 1.91. The second-order valence-corrected chi connectivity index (χ2v) is 5.09. The van der Waals surface area contributed by atoms with E-state index in [4.69, 9.17) is 0 Å². The maximum Gasteiger partial charge on any atom is 0.240 e. The van der Waals surface area contributed by atoms with Crippen molar-refractivity contribution in [2.45, 2.75) is 19.9 Å². The number of amides is 2. The van der Waals surface area contributed by atoms with E-state index >= 15 is 0 Å². The van der Waals surface area contributed by atoms with Gasteiger partial charge in [0, 0.05) is 31.4 Å². The first-order valence-corrected chi connectivity index (χ1v) is 6.75. The number of rotatable bonds is 4. The summed E-state index contributed by atoms with van der Waals surface area (Å²) < 4.78 is 1.78. The molecule has 1 saturated heterocycles. The monoisotopic (exact) mass is 279 g/mol. The molecule has 0 aliphatic carbocycles. The summed E-state index contributed by atoms with van der Waals surface area (Å²) in [5.74, 6) is -0.174. The summed E-state index contributed by atoms with van der Waals surface area (Å²) in [6, 6.07) is -0.116. The lowest BCUT2D eigenvalue weighted by Crippen LogP contribution is -2.51. The molecule has 0 radical (unpaired) electrons. The molecule has 0 bridgehead atoms. The molecule has 110 valence electrons. The minimum Gasteiger partial charge on any atom is -0.348 e. The van der Waals surface area contributed by atoms with Crippen LogP contribution in [0.3, 0.4) is 0 Å². The standard InChI is InChI=1S/C13H21N5O2/c1-9(11-6-15-17(3)10(11)2)16-12(19)8-18-5-4-14-7-13(18)20/h6,9,14H,4-5,7-8H2,1-3H3,(H,16,19). The van der Waals surface area contributed by atoms with Crippen molar-refractivity contribution in [2.75, 3.05) is 26.2 Å². The van der Waals surface area contributed by atoms with Gasteiger partial charge in [0.25, 0.3) is 0 Å². The van der Waals surface area contributed by atoms with Gasteiger partial charge in [-0.15, -0.1) is 0 Å². The molecule has 7 heteroatoms. The molecule has 0 spiro atoms. The van der Waals surface area contributed by atoms with Crippen molar-refractivity contribution < 1.29 is 9.59 Å². The zero-order chi connectivity index (χ0) is 14.7. The molecule has 0 aromatic carbocycles. The second-order valence-electron chi connectivity index (χ2n) is 5.09. The second kappa shape index (κ2) is 6.04. The van der Waals surface area contributed by atoms with Crippen LogP contribution < -0.4 is 10.6 Å². The molecule has 1 aliphatic heterocycles. The Morgan fingerprint density at radius 1 is 1.60 bits per heavy atom. The van der Waals surface area contributed by atoms with E-state index in [2.05, 4.69) is 15.7 Å². The Labute approximate surface area is 118 Å². The molecular formula is C13H21N5O2. The van der Waals surface area contributed by atoms with Gasteiger partial charge < -0.3 is 15.5 Å². The highest BCUT2D eigenvalue weighted by molar-refractivity contribution is 5.86. The van der Waals surface area contributed by atoms with Crippen LogP contribution in [0.4, 0.5) is 0 Å². The van der Waals surface area contributed by atoms with Crippen LogP contribution in [-0.4, -0.2) is 52.7 Å². The fourth-order valence-corrected chi connectivity index (χ4v) is 2.29. The van der Waals surface area contributed by atoms with Crippen LogP contribution in [0.25, 0.3) is 0 Å². The molecule has 1 aromatic rings. The molecule has 1 aromatic heterocycles. The number of nitrogens with zero attached hydrogens (tertiary/aromatic N) is 3. The number of aromatic nitrogens is 2. The van der Waals surface area contributed by atoms with E-state index in [1.54, 1.807) is 15.8 Å². The fourth-order valence-electron chi connectivity index (χ4n) is 2.29. The average Bonchev–Trinajstić information content (AvgIpc) is 2.73. The van der Waals surface area contributed by atoms with Gasteiger partial charge in [0.05, 0.1) is 25.3 Å². The van der Waals surface area contributed by atoms with E-state index in [0.29, 0.717) is 13.1 Å². The molecule has 20 heavy (non-hydrogen) atoms. The van der Waals surface area contributed by atoms with Crippen LogP contribution >= 0.6 is 0 Å². The van der Waals surface area contributed by atoms with E-state index in [1.165, 1.54) is 0 Å². The molecule has 7 nitrogen and oxygen atoms in total. The number of hydrogen-bond donors (Lipinski definition) is 2. The van der Waals surface area contributed by atoms with Gasteiger partial charge in [-0.3, -0.25) is 14.3 Å². The van der Waals surface area contributed by atoms with Crippen LogP contribution in [0.2, 0.25) is 0 Å². The lowest BCUT2D eigenvalue weighted by Gasteiger charge is -2.27. The summed E-state index contributed by atoms with van der Waals surface area (Å²) >= 11 is 0. The van der Waals surface area contributed by atoms with Crippen LogP contribution in [0, 0.1) is 6.92 Å². The Morgan fingerprint density at radius 3 is 2.95 bits per heavy atom. The van der Waals surface area contributed by atoms with Gasteiger partial charge in [0.15, 0.2) is 0 Å². The summed E-state index contributed by atoms with van der Waals surface area (Å²) in [5, 5.41) is 10.1. The first-order chi connectivity index (χ1) is 9.49. The third-order valence-corrected chi connectivity index (χ3v) is 3.64. The first kappa shape index (κ1) is 14.5. The van der Waals surface area contributed by atoms with Crippen LogP contribution in [0.15, 0.2) is 6.20 Å². The van der Waals surface area contributed by atoms with Crippen molar-refractivity contribution in [1.29, 1.82) is 0 Å². The van der Waals surface area contributed by atoms with Gasteiger partial charge in [-0.2, -0.15) is 5.10 Å². The number of carbonyl (C=O) groups is 2. The highest BCUT2D eigenvalue weighted by Gasteiger charge is 2.21. The van der Waals surface area contributed by atoms with E-state index in [0.717, 1.165) is 17.8 Å². The van der Waals surface area contributed by atoms with Gasteiger partial charge in [-0.25, -0.2) is 0 Å². The van der Waals surface area contributed by atoms with Crippen molar-refractivity contribution in [3.63, 3.8) is 0 Å². The molecule has 2 rings (SSSR count). The zero-order valence-corrected chi connectivity index (χ0v) is 12.1. The molecule has 1 aliphatic rings. The number of piperazine rings is 1. The highest BCUT2D eigenvalue weighted by atomic mass is 16.2. The van der Waals surface area contributed by atoms with Crippen LogP contribution in [0.5, 0.6) is 0 Å². The average molecular weight is 279 g/mol. The molecule has 0 saturated carbocycles. The minimum absolute atomic E-state index is 0.0309. The van der Waals surface area contributed by atoms with E-state index in [-0.39, 0.29) is 24.4 Å². The van der Waals surface area contributed by atoms with E-state index < -0.39 is 0 Å². The van der Waals surface area contributed by atoms with Crippen LogP contribution in [0.1, 0.15) is 24.2 Å². The van der Waals surface area contributed by atoms with Gasteiger partial charge in [0.2, 0.25) is 11.8 Å². The summed E-state index contributed by atoms with van der Waals surface area (Å²) in [7, 11) is 1.87. The fraction of sp³-hybridized carbons (Fsp3) is 0.615. The topological polar surface area (TPSA) is 79.3 Å². The predicted molar refractivity (Wildman–Crippen MR) is 74.0 cm³/mol. The van der Waals surface area contributed by atoms with Gasteiger partial charge >= 0.3 is 0 Å². The summed E-state index contributed by atoms with van der Waals surface area (Å²) in [4.78, 5) is 25.2. The number of hydrogen-bond acceptors (Lipinski definition) is 4. The quantitative estimate of drug-likeness (QED) is 0.767. The van der Waals surface area contributed by atoms with E-state index in [1.807, 2.05) is 20.9 Å². The maximum absolute atomic E-state index is 12.0. The molecule has 2 heterocycles. The zero-order valence-electron chi connectivity index (χ0n) is 12.1. The van der Waals surface area contributed by atoms with Crippen molar-refractivity contribution >= 4 is 11.8 Å². The molecule has 1 unspecified atom stereocenters. The predicted octanol–water partition coefficient (Wildman–Crippen LogP) is -0.662. The first-order valence-electron chi connectivity index (χ1n) is 6.75. The third-order valence-electron chi connectivity index (χ3n) is 3.64. The molecule has 1 fully saturated rings. The maximum atomic E-state index is 12.0. The van der Waals surface area contributed by atoms with Crippen molar-refractivity contribution in [1.82, 2.24) is 25.3 Å². The Hall–Kier alpha value is -1.89. The lowest BCUT2D eigenvalue weighted by atomic mass is 10.1. The lowest BCUT2D eigenvalue weighted by molar-refractivity contribution is -0.136.